The van der Waals surface area contributed by atoms with E-state index in [1.54, 1.807) is 12.1 Å². The van der Waals surface area contributed by atoms with E-state index < -0.39 is 0 Å². The van der Waals surface area contributed by atoms with Crippen LogP contribution < -0.4 is 25.8 Å². The fraction of sp³-hybridized carbons (Fsp3) is 0.350. The van der Waals surface area contributed by atoms with Crippen molar-refractivity contribution in [3.05, 3.63) is 53.8 Å². The fourth-order valence-corrected chi connectivity index (χ4v) is 2.45. The lowest BCUT2D eigenvalue weighted by Gasteiger charge is -2.24. The van der Waals surface area contributed by atoms with Gasteiger partial charge in [0.2, 0.25) is 6.79 Å². The summed E-state index contributed by atoms with van der Waals surface area (Å²) in [4.78, 5) is 4.62. The first-order chi connectivity index (χ1) is 12.9. The van der Waals surface area contributed by atoms with Gasteiger partial charge in [-0.25, -0.2) is 9.38 Å². The number of halogens is 1. The quantitative estimate of drug-likeness (QED) is 0.536. The molecule has 144 valence electrons. The summed E-state index contributed by atoms with van der Waals surface area (Å²) in [5.74, 6) is 1.71. The molecule has 6 nitrogen and oxygen atoms in total. The maximum absolute atomic E-state index is 13.5. The van der Waals surface area contributed by atoms with E-state index >= 15 is 0 Å². The molecule has 2 aromatic rings. The molecule has 0 unspecified atom stereocenters. The first-order valence-corrected chi connectivity index (χ1v) is 8.85. The number of nitrogens with zero attached hydrogens (tertiary/aromatic N) is 1. The topological polar surface area (TPSA) is 80.9 Å². The molecule has 27 heavy (non-hydrogen) atoms. The van der Waals surface area contributed by atoms with Crippen molar-refractivity contribution in [1.82, 2.24) is 5.32 Å². The number of benzene rings is 2. The average molecular weight is 372 g/mol. The maximum atomic E-state index is 13.5. The molecule has 0 fully saturated rings. The Kier molecular flexibility index (Phi) is 5.81. The summed E-state index contributed by atoms with van der Waals surface area (Å²) in [6.07, 6.45) is 0. The predicted octanol–water partition coefficient (Wildman–Crippen LogP) is 3.10. The summed E-state index contributed by atoms with van der Waals surface area (Å²) in [6, 6.07) is 12.0. The molecule has 0 aliphatic carbocycles. The van der Waals surface area contributed by atoms with Crippen LogP contribution in [0.3, 0.4) is 0 Å². The van der Waals surface area contributed by atoms with Crippen LogP contribution in [-0.2, 0) is 6.54 Å². The highest BCUT2D eigenvalue weighted by Gasteiger charge is 2.16. The van der Waals surface area contributed by atoms with Crippen molar-refractivity contribution in [1.29, 1.82) is 0 Å². The smallest absolute Gasteiger partial charge is 0.231 e. The van der Waals surface area contributed by atoms with E-state index in [-0.39, 0.29) is 18.0 Å². The van der Waals surface area contributed by atoms with Gasteiger partial charge in [-0.1, -0.05) is 26.0 Å². The van der Waals surface area contributed by atoms with Gasteiger partial charge >= 0.3 is 0 Å². The van der Waals surface area contributed by atoms with E-state index in [2.05, 4.69) is 29.5 Å². The number of guanidine groups is 1. The zero-order valence-corrected chi connectivity index (χ0v) is 15.6. The van der Waals surface area contributed by atoms with Gasteiger partial charge in [-0.2, -0.15) is 0 Å². The summed E-state index contributed by atoms with van der Waals surface area (Å²) in [5, 5.41) is 6.42. The van der Waals surface area contributed by atoms with Crippen LogP contribution in [0.25, 0.3) is 0 Å². The molecule has 1 heterocycles. The molecule has 4 N–H and O–H groups in total. The van der Waals surface area contributed by atoms with E-state index in [0.29, 0.717) is 31.3 Å². The average Bonchev–Trinajstić information content (AvgIpc) is 3.12. The molecule has 0 amide bonds. The molecule has 0 saturated carbocycles. The Morgan fingerprint density at radius 1 is 1.19 bits per heavy atom. The number of anilines is 1. The van der Waals surface area contributed by atoms with Crippen molar-refractivity contribution >= 4 is 11.6 Å². The van der Waals surface area contributed by atoms with Crippen LogP contribution in [0.15, 0.2) is 47.5 Å². The molecule has 2 aromatic carbocycles. The number of rotatable bonds is 6. The molecule has 0 aromatic heterocycles. The molecule has 1 aliphatic heterocycles. The first kappa shape index (κ1) is 19.0. The van der Waals surface area contributed by atoms with Crippen molar-refractivity contribution in [2.75, 3.05) is 25.2 Å². The van der Waals surface area contributed by atoms with Crippen molar-refractivity contribution in [2.24, 2.45) is 16.1 Å². The van der Waals surface area contributed by atoms with Crippen LogP contribution in [-0.4, -0.2) is 25.8 Å². The van der Waals surface area contributed by atoms with Gasteiger partial charge in [0, 0.05) is 12.2 Å². The maximum Gasteiger partial charge on any atom is 0.231 e. The van der Waals surface area contributed by atoms with Crippen LogP contribution in [0.5, 0.6) is 11.5 Å². The third-order valence-corrected chi connectivity index (χ3v) is 4.23. The van der Waals surface area contributed by atoms with Crippen LogP contribution in [0.4, 0.5) is 10.1 Å². The number of nitrogens with two attached hydrogens (primary N) is 1. The minimum Gasteiger partial charge on any atom is -0.454 e. The molecule has 1 aliphatic rings. The second kappa shape index (κ2) is 8.26. The second-order valence-electron chi connectivity index (χ2n) is 7.21. The summed E-state index contributed by atoms with van der Waals surface area (Å²) in [7, 11) is 0. The van der Waals surface area contributed by atoms with Crippen molar-refractivity contribution in [3.8, 4) is 11.5 Å². The first-order valence-electron chi connectivity index (χ1n) is 8.85. The zero-order valence-electron chi connectivity index (χ0n) is 15.6. The molecule has 0 spiro atoms. The monoisotopic (exact) mass is 372 g/mol. The van der Waals surface area contributed by atoms with Crippen molar-refractivity contribution in [2.45, 2.75) is 20.4 Å². The highest BCUT2D eigenvalue weighted by atomic mass is 19.1. The van der Waals surface area contributed by atoms with E-state index in [1.807, 2.05) is 18.2 Å². The molecule has 0 bridgehead atoms. The Balaban J connectivity index is 1.74. The Morgan fingerprint density at radius 2 is 2.00 bits per heavy atom. The molecule has 7 heteroatoms. The van der Waals surface area contributed by atoms with Gasteiger partial charge in [-0.05, 0) is 47.9 Å². The van der Waals surface area contributed by atoms with Gasteiger partial charge in [0.05, 0.1) is 6.54 Å². The minimum atomic E-state index is -0.308. The van der Waals surface area contributed by atoms with E-state index in [0.717, 1.165) is 17.1 Å². The summed E-state index contributed by atoms with van der Waals surface area (Å²) >= 11 is 0. The van der Waals surface area contributed by atoms with Gasteiger partial charge in [0.25, 0.3) is 0 Å². The molecule has 0 saturated heterocycles. The third-order valence-electron chi connectivity index (χ3n) is 4.23. The molecule has 0 atom stereocenters. The highest BCUT2D eigenvalue weighted by molar-refractivity contribution is 5.93. The van der Waals surface area contributed by atoms with Crippen LogP contribution in [0.2, 0.25) is 0 Å². The highest BCUT2D eigenvalue weighted by Crippen LogP contribution is 2.32. The van der Waals surface area contributed by atoms with Crippen LogP contribution >= 0.6 is 0 Å². The second-order valence-corrected chi connectivity index (χ2v) is 7.21. The molecular weight excluding hydrogens is 347 g/mol. The standard InChI is InChI=1S/C20H25FN4O2/c1-20(2,11-22)12-24-19(25-16-5-3-4-15(21)9-16)23-10-14-6-7-17-18(8-14)27-13-26-17/h3-9H,10-13,22H2,1-2H3,(H2,23,24,25). The normalized spacial score (nSPS) is 13.6. The van der Waals surface area contributed by atoms with Gasteiger partial charge in [-0.3, -0.25) is 0 Å². The van der Waals surface area contributed by atoms with Gasteiger partial charge < -0.3 is 25.8 Å². The predicted molar refractivity (Wildman–Crippen MR) is 105 cm³/mol. The number of hydrogen-bond acceptors (Lipinski definition) is 4. The number of ether oxygens (including phenoxy) is 2. The number of fused-ring (bicyclic) bond motifs is 1. The lowest BCUT2D eigenvalue weighted by atomic mass is 9.94. The van der Waals surface area contributed by atoms with E-state index in [1.165, 1.54) is 12.1 Å². The minimum absolute atomic E-state index is 0.0941. The Morgan fingerprint density at radius 3 is 2.78 bits per heavy atom. The Bertz CT molecular complexity index is 823. The SMILES string of the molecule is CC(C)(CN)CNC(=NCc1ccc2c(c1)OCO2)Nc1cccc(F)c1. The largest absolute Gasteiger partial charge is 0.454 e. The zero-order chi connectivity index (χ0) is 19.3. The van der Waals surface area contributed by atoms with Gasteiger partial charge in [0.1, 0.15) is 5.82 Å². The number of nitrogens with one attached hydrogen (secondary N) is 2. The number of aliphatic imine (C=N–C) groups is 1. The lowest BCUT2D eigenvalue weighted by Crippen LogP contribution is -2.41. The van der Waals surface area contributed by atoms with Crippen molar-refractivity contribution < 1.29 is 13.9 Å². The Hall–Kier alpha value is -2.80. The molecule has 0 radical (unpaired) electrons. The summed E-state index contributed by atoms with van der Waals surface area (Å²) in [5.41, 5.74) is 7.32. The van der Waals surface area contributed by atoms with Crippen molar-refractivity contribution in [3.63, 3.8) is 0 Å². The third kappa shape index (κ3) is 5.34. The lowest BCUT2D eigenvalue weighted by molar-refractivity contribution is 0.174. The van der Waals surface area contributed by atoms with E-state index in [4.69, 9.17) is 15.2 Å². The summed E-state index contributed by atoms with van der Waals surface area (Å²) in [6.45, 7) is 5.98. The van der Waals surface area contributed by atoms with Crippen LogP contribution in [0.1, 0.15) is 19.4 Å². The molecule has 3 rings (SSSR count). The van der Waals surface area contributed by atoms with Crippen LogP contribution in [0, 0.1) is 11.2 Å². The Labute approximate surface area is 158 Å². The van der Waals surface area contributed by atoms with Gasteiger partial charge in [-0.15, -0.1) is 0 Å². The summed E-state index contributed by atoms with van der Waals surface area (Å²) < 4.78 is 24.2. The van der Waals surface area contributed by atoms with E-state index in [9.17, 15) is 4.39 Å². The molecular formula is C20H25FN4O2. The fourth-order valence-electron chi connectivity index (χ4n) is 2.45. The van der Waals surface area contributed by atoms with Gasteiger partial charge in [0.15, 0.2) is 17.5 Å². The number of hydrogen-bond donors (Lipinski definition) is 3.